The Morgan fingerprint density at radius 3 is 2.96 bits per heavy atom. The van der Waals surface area contributed by atoms with Crippen LogP contribution in [0.2, 0.25) is 5.02 Å². The number of piperidine rings is 1. The summed E-state index contributed by atoms with van der Waals surface area (Å²) in [5.74, 6) is 1.33. The Balaban J connectivity index is 1.56. The van der Waals surface area contributed by atoms with Crippen molar-refractivity contribution in [3.8, 4) is 0 Å². The molecule has 0 aliphatic carbocycles. The number of nitrogens with zero attached hydrogens (tertiary/aromatic N) is 2. The highest BCUT2D eigenvalue weighted by atomic mass is 35.5. The zero-order chi connectivity index (χ0) is 18.1. The van der Waals surface area contributed by atoms with Crippen molar-refractivity contribution < 1.29 is 4.52 Å². The maximum atomic E-state index is 6.19. The van der Waals surface area contributed by atoms with E-state index in [1.807, 2.05) is 19.1 Å². The summed E-state index contributed by atoms with van der Waals surface area (Å²) in [6.07, 6.45) is 3.72. The van der Waals surface area contributed by atoms with Gasteiger partial charge in [0.05, 0.1) is 11.6 Å². The molecule has 0 saturated carbocycles. The summed E-state index contributed by atoms with van der Waals surface area (Å²) in [5, 5.41) is 4.99. The predicted octanol–water partition coefficient (Wildman–Crippen LogP) is 3.56. The van der Waals surface area contributed by atoms with E-state index in [0.717, 1.165) is 36.1 Å². The van der Waals surface area contributed by atoms with Crippen LogP contribution in [0.25, 0.3) is 0 Å². The minimum Gasteiger partial charge on any atom is -0.360 e. The van der Waals surface area contributed by atoms with Gasteiger partial charge in [0.2, 0.25) is 0 Å². The Morgan fingerprint density at radius 1 is 1.31 bits per heavy atom. The number of nitrogens with one attached hydrogen (secondary N) is 2. The molecule has 4 rings (SSSR count). The lowest BCUT2D eigenvalue weighted by Crippen LogP contribution is -2.52. The van der Waals surface area contributed by atoms with Crippen LogP contribution >= 0.6 is 11.6 Å². The van der Waals surface area contributed by atoms with Crippen LogP contribution in [-0.4, -0.2) is 35.2 Å². The smallest absolute Gasteiger partial charge is 0.145 e. The molecule has 2 fully saturated rings. The summed E-state index contributed by atoms with van der Waals surface area (Å²) < 4.78 is 5.70. The van der Waals surface area contributed by atoms with E-state index in [9.17, 15) is 0 Å². The molecule has 2 saturated heterocycles. The maximum absolute atomic E-state index is 6.19. The topological polar surface area (TPSA) is 53.3 Å². The van der Waals surface area contributed by atoms with E-state index in [4.69, 9.17) is 16.1 Å². The third kappa shape index (κ3) is 3.54. The van der Waals surface area contributed by atoms with Crippen LogP contribution in [0.15, 0.2) is 28.8 Å². The lowest BCUT2D eigenvalue weighted by molar-refractivity contribution is 0.103. The van der Waals surface area contributed by atoms with Crippen molar-refractivity contribution in [2.24, 2.45) is 0 Å². The fourth-order valence-corrected chi connectivity index (χ4v) is 4.62. The normalized spacial score (nSPS) is 27.1. The van der Waals surface area contributed by atoms with Crippen molar-refractivity contribution in [3.05, 3.63) is 51.9 Å². The van der Waals surface area contributed by atoms with Crippen LogP contribution in [0.4, 0.5) is 0 Å². The number of halogens is 1. The molecule has 3 atom stereocenters. The van der Waals surface area contributed by atoms with E-state index >= 15 is 0 Å². The van der Waals surface area contributed by atoms with Crippen molar-refractivity contribution in [1.29, 1.82) is 0 Å². The third-order valence-electron chi connectivity index (χ3n) is 5.91. The second kappa shape index (κ2) is 7.69. The number of aryl methyl sites for hydroxylation is 1. The number of benzene rings is 1. The molecule has 2 aromatic rings. The zero-order valence-corrected chi connectivity index (χ0v) is 16.2. The second-order valence-corrected chi connectivity index (χ2v) is 8.01. The molecule has 3 unspecified atom stereocenters. The van der Waals surface area contributed by atoms with Crippen molar-refractivity contribution in [2.45, 2.75) is 57.7 Å². The molecule has 1 aromatic carbocycles. The number of rotatable bonds is 4. The molecule has 140 valence electrons. The first kappa shape index (κ1) is 18.0. The monoisotopic (exact) mass is 374 g/mol. The molecule has 2 N–H and O–H groups in total. The van der Waals surface area contributed by atoms with E-state index in [1.54, 1.807) is 0 Å². The Hall–Kier alpha value is -1.40. The highest BCUT2D eigenvalue weighted by Gasteiger charge is 2.41. The Labute approximate surface area is 160 Å². The largest absolute Gasteiger partial charge is 0.360 e. The molecule has 2 aliphatic rings. The van der Waals surface area contributed by atoms with Gasteiger partial charge >= 0.3 is 0 Å². The van der Waals surface area contributed by atoms with E-state index < -0.39 is 0 Å². The molecule has 5 nitrogen and oxygen atoms in total. The molecule has 0 radical (unpaired) electrons. The van der Waals surface area contributed by atoms with Gasteiger partial charge in [0.1, 0.15) is 5.76 Å². The molecular weight excluding hydrogens is 348 g/mol. The van der Waals surface area contributed by atoms with Crippen LogP contribution in [0, 0.1) is 13.8 Å². The average Bonchev–Trinajstić information content (AvgIpc) is 3.23. The average molecular weight is 375 g/mol. The minimum absolute atomic E-state index is 0.307. The zero-order valence-electron chi connectivity index (χ0n) is 15.5. The first-order valence-electron chi connectivity index (χ1n) is 9.53. The standard InChI is InChI=1S/C20H27ClN4O/c1-13-14(2)24-26-20(13)17-11-22-23-19(17)18-8-3-4-9-25(18)12-15-6-5-7-16(21)10-15/h5-7,10,17-19,22-23H,3-4,8-9,11-12H2,1-2H3. The summed E-state index contributed by atoms with van der Waals surface area (Å²) in [4.78, 5) is 2.60. The van der Waals surface area contributed by atoms with Gasteiger partial charge in [0.15, 0.2) is 0 Å². The van der Waals surface area contributed by atoms with Crippen LogP contribution in [0.5, 0.6) is 0 Å². The fraction of sp³-hybridized carbons (Fsp3) is 0.550. The molecule has 3 heterocycles. The molecule has 0 bridgehead atoms. The summed E-state index contributed by atoms with van der Waals surface area (Å²) in [5.41, 5.74) is 10.3. The summed E-state index contributed by atoms with van der Waals surface area (Å²) in [6.45, 7) is 7.06. The SMILES string of the molecule is Cc1noc(C2CNNC2C2CCCCN2Cc2cccc(Cl)c2)c1C. The van der Waals surface area contributed by atoms with Gasteiger partial charge in [-0.25, -0.2) is 0 Å². The van der Waals surface area contributed by atoms with Crippen molar-refractivity contribution in [3.63, 3.8) is 0 Å². The van der Waals surface area contributed by atoms with E-state index in [0.29, 0.717) is 18.0 Å². The molecule has 0 spiro atoms. The molecule has 1 aromatic heterocycles. The van der Waals surface area contributed by atoms with E-state index in [1.165, 1.54) is 30.4 Å². The molecule has 0 amide bonds. The van der Waals surface area contributed by atoms with Gasteiger partial charge < -0.3 is 4.52 Å². The van der Waals surface area contributed by atoms with E-state index in [2.05, 4.69) is 40.0 Å². The van der Waals surface area contributed by atoms with Crippen LogP contribution < -0.4 is 10.9 Å². The number of hydrazine groups is 1. The number of aromatic nitrogens is 1. The van der Waals surface area contributed by atoms with Gasteiger partial charge in [-0.05, 0) is 50.9 Å². The first-order chi connectivity index (χ1) is 12.6. The second-order valence-electron chi connectivity index (χ2n) is 7.58. The Morgan fingerprint density at radius 2 is 2.19 bits per heavy atom. The van der Waals surface area contributed by atoms with Gasteiger partial charge in [-0.3, -0.25) is 15.8 Å². The lowest BCUT2D eigenvalue weighted by atomic mass is 9.85. The maximum Gasteiger partial charge on any atom is 0.145 e. The Bertz CT molecular complexity index is 762. The number of likely N-dealkylation sites (tertiary alicyclic amines) is 1. The molecule has 6 heteroatoms. The third-order valence-corrected chi connectivity index (χ3v) is 6.14. The van der Waals surface area contributed by atoms with Gasteiger partial charge in [0.25, 0.3) is 0 Å². The predicted molar refractivity (Wildman–Crippen MR) is 103 cm³/mol. The van der Waals surface area contributed by atoms with Crippen LogP contribution in [-0.2, 0) is 6.54 Å². The van der Waals surface area contributed by atoms with Crippen molar-refractivity contribution >= 4 is 11.6 Å². The van der Waals surface area contributed by atoms with Gasteiger partial charge in [-0.15, -0.1) is 0 Å². The van der Waals surface area contributed by atoms with Gasteiger partial charge in [0, 0.05) is 35.8 Å². The van der Waals surface area contributed by atoms with Crippen LogP contribution in [0.3, 0.4) is 0 Å². The first-order valence-corrected chi connectivity index (χ1v) is 9.91. The number of hydrogen-bond acceptors (Lipinski definition) is 5. The minimum atomic E-state index is 0.307. The van der Waals surface area contributed by atoms with Crippen LogP contribution in [0.1, 0.15) is 47.8 Å². The molecular formula is C20H27ClN4O. The summed E-state index contributed by atoms with van der Waals surface area (Å²) in [7, 11) is 0. The van der Waals surface area contributed by atoms with Crippen molar-refractivity contribution in [1.82, 2.24) is 20.9 Å². The molecule has 2 aliphatic heterocycles. The van der Waals surface area contributed by atoms with E-state index in [-0.39, 0.29) is 0 Å². The van der Waals surface area contributed by atoms with Gasteiger partial charge in [-0.2, -0.15) is 0 Å². The summed E-state index contributed by atoms with van der Waals surface area (Å²) in [6, 6.07) is 9.00. The van der Waals surface area contributed by atoms with Gasteiger partial charge in [-0.1, -0.05) is 35.3 Å². The molecule has 26 heavy (non-hydrogen) atoms. The fourth-order valence-electron chi connectivity index (χ4n) is 4.40. The highest BCUT2D eigenvalue weighted by molar-refractivity contribution is 6.30. The Kier molecular flexibility index (Phi) is 5.32. The number of hydrogen-bond donors (Lipinski definition) is 2. The highest BCUT2D eigenvalue weighted by Crippen LogP contribution is 2.33. The quantitative estimate of drug-likeness (QED) is 0.857. The summed E-state index contributed by atoms with van der Waals surface area (Å²) >= 11 is 6.19. The van der Waals surface area contributed by atoms with Crippen molar-refractivity contribution in [2.75, 3.05) is 13.1 Å². The lowest BCUT2D eigenvalue weighted by Gasteiger charge is -2.40.